The Labute approximate surface area is 112 Å². The Morgan fingerprint density at radius 1 is 1.17 bits per heavy atom. The van der Waals surface area contributed by atoms with E-state index in [1.54, 1.807) is 0 Å². The fourth-order valence-electron chi connectivity index (χ4n) is 2.86. The van der Waals surface area contributed by atoms with Crippen molar-refractivity contribution in [2.24, 2.45) is 5.92 Å². The molecule has 1 N–H and O–H groups in total. The summed E-state index contributed by atoms with van der Waals surface area (Å²) < 4.78 is 5.68. The van der Waals surface area contributed by atoms with E-state index in [1.807, 2.05) is 0 Å². The SMILES string of the molecule is CCCCN(CC1COCC1NCCC)C1CC1. The largest absolute Gasteiger partial charge is 0.379 e. The first-order valence-corrected chi connectivity index (χ1v) is 7.90. The van der Waals surface area contributed by atoms with Gasteiger partial charge in [-0.25, -0.2) is 0 Å². The zero-order valence-corrected chi connectivity index (χ0v) is 12.2. The molecule has 2 fully saturated rings. The van der Waals surface area contributed by atoms with Crippen LogP contribution in [0.1, 0.15) is 46.0 Å². The summed E-state index contributed by atoms with van der Waals surface area (Å²) in [5.41, 5.74) is 0. The van der Waals surface area contributed by atoms with Gasteiger partial charge in [0.1, 0.15) is 0 Å². The van der Waals surface area contributed by atoms with E-state index < -0.39 is 0 Å². The molecule has 0 aromatic carbocycles. The molecule has 2 unspecified atom stereocenters. The number of rotatable bonds is 9. The Hall–Kier alpha value is -0.120. The highest BCUT2D eigenvalue weighted by Crippen LogP contribution is 2.29. The average molecular weight is 254 g/mol. The van der Waals surface area contributed by atoms with Gasteiger partial charge in [-0.05, 0) is 38.8 Å². The first kappa shape index (κ1) is 14.3. The monoisotopic (exact) mass is 254 g/mol. The molecule has 2 aliphatic rings. The number of hydrogen-bond acceptors (Lipinski definition) is 3. The van der Waals surface area contributed by atoms with Crippen LogP contribution in [0, 0.1) is 5.92 Å². The third kappa shape index (κ3) is 4.22. The predicted octanol–water partition coefficient (Wildman–Crippen LogP) is 2.27. The van der Waals surface area contributed by atoms with E-state index in [0.29, 0.717) is 12.0 Å². The van der Waals surface area contributed by atoms with E-state index in [2.05, 4.69) is 24.1 Å². The molecular weight excluding hydrogens is 224 g/mol. The zero-order valence-electron chi connectivity index (χ0n) is 12.2. The molecule has 3 heteroatoms. The predicted molar refractivity (Wildman–Crippen MR) is 75.9 cm³/mol. The van der Waals surface area contributed by atoms with Crippen LogP contribution < -0.4 is 5.32 Å². The molecule has 0 spiro atoms. The summed E-state index contributed by atoms with van der Waals surface area (Å²) in [5, 5.41) is 3.65. The maximum atomic E-state index is 5.68. The Morgan fingerprint density at radius 2 is 2.00 bits per heavy atom. The standard InChI is InChI=1S/C15H30N2O/c1-3-5-9-17(14-6-7-14)10-13-11-18-12-15(13)16-8-4-2/h13-16H,3-12H2,1-2H3. The van der Waals surface area contributed by atoms with E-state index in [4.69, 9.17) is 4.74 Å². The van der Waals surface area contributed by atoms with Crippen LogP contribution in [0.3, 0.4) is 0 Å². The summed E-state index contributed by atoms with van der Waals surface area (Å²) in [6.45, 7) is 10.0. The molecule has 1 aliphatic heterocycles. The molecule has 18 heavy (non-hydrogen) atoms. The second kappa shape index (κ2) is 7.46. The second-order valence-corrected chi connectivity index (χ2v) is 5.94. The topological polar surface area (TPSA) is 24.5 Å². The maximum Gasteiger partial charge on any atom is 0.0623 e. The maximum absolute atomic E-state index is 5.68. The Morgan fingerprint density at radius 3 is 2.67 bits per heavy atom. The van der Waals surface area contributed by atoms with Crippen LogP contribution in [0.4, 0.5) is 0 Å². The third-order valence-electron chi connectivity index (χ3n) is 4.19. The first-order chi connectivity index (χ1) is 8.85. The van der Waals surface area contributed by atoms with E-state index in [9.17, 15) is 0 Å². The Bertz CT molecular complexity index is 231. The molecule has 1 heterocycles. The Balaban J connectivity index is 1.77. The van der Waals surface area contributed by atoms with Crippen molar-refractivity contribution < 1.29 is 4.74 Å². The van der Waals surface area contributed by atoms with Gasteiger partial charge >= 0.3 is 0 Å². The van der Waals surface area contributed by atoms with Crippen LogP contribution >= 0.6 is 0 Å². The van der Waals surface area contributed by atoms with Crippen LogP contribution in [0.5, 0.6) is 0 Å². The van der Waals surface area contributed by atoms with Crippen LogP contribution in [0.15, 0.2) is 0 Å². The summed E-state index contributed by atoms with van der Waals surface area (Å²) >= 11 is 0. The molecule has 106 valence electrons. The third-order valence-corrected chi connectivity index (χ3v) is 4.19. The van der Waals surface area contributed by atoms with Gasteiger partial charge in [0.25, 0.3) is 0 Å². The van der Waals surface area contributed by atoms with Crippen molar-refractivity contribution in [3.8, 4) is 0 Å². The minimum atomic E-state index is 0.591. The van der Waals surface area contributed by atoms with Crippen LogP contribution in [-0.4, -0.2) is 49.8 Å². The summed E-state index contributed by atoms with van der Waals surface area (Å²) in [6.07, 6.45) is 6.71. The minimum Gasteiger partial charge on any atom is -0.379 e. The van der Waals surface area contributed by atoms with Crippen LogP contribution in [0.2, 0.25) is 0 Å². The van der Waals surface area contributed by atoms with Crippen molar-refractivity contribution in [1.29, 1.82) is 0 Å². The van der Waals surface area contributed by atoms with Gasteiger partial charge < -0.3 is 10.1 Å². The lowest BCUT2D eigenvalue weighted by Gasteiger charge is -2.28. The summed E-state index contributed by atoms with van der Waals surface area (Å²) in [6, 6.07) is 1.48. The van der Waals surface area contributed by atoms with Gasteiger partial charge in [0.15, 0.2) is 0 Å². The van der Waals surface area contributed by atoms with Crippen molar-refractivity contribution >= 4 is 0 Å². The van der Waals surface area contributed by atoms with E-state index in [1.165, 1.54) is 45.2 Å². The lowest BCUT2D eigenvalue weighted by molar-refractivity contribution is 0.163. The van der Waals surface area contributed by atoms with Crippen molar-refractivity contribution in [3.63, 3.8) is 0 Å². The van der Waals surface area contributed by atoms with E-state index in [-0.39, 0.29) is 0 Å². The van der Waals surface area contributed by atoms with Crippen molar-refractivity contribution in [1.82, 2.24) is 10.2 Å². The molecule has 0 radical (unpaired) electrons. The van der Waals surface area contributed by atoms with Gasteiger partial charge in [-0.1, -0.05) is 20.3 Å². The van der Waals surface area contributed by atoms with Gasteiger partial charge in [-0.15, -0.1) is 0 Å². The van der Waals surface area contributed by atoms with Crippen LogP contribution in [-0.2, 0) is 4.74 Å². The summed E-state index contributed by atoms with van der Waals surface area (Å²) in [5.74, 6) is 0.703. The average Bonchev–Trinajstić information content (AvgIpc) is 3.13. The van der Waals surface area contributed by atoms with E-state index in [0.717, 1.165) is 25.8 Å². The smallest absolute Gasteiger partial charge is 0.0623 e. The van der Waals surface area contributed by atoms with Crippen molar-refractivity contribution in [2.75, 3.05) is 32.8 Å². The highest BCUT2D eigenvalue weighted by atomic mass is 16.5. The molecule has 0 amide bonds. The quantitative estimate of drug-likeness (QED) is 0.683. The molecule has 2 atom stereocenters. The summed E-state index contributed by atoms with van der Waals surface area (Å²) in [4.78, 5) is 2.73. The molecule has 0 bridgehead atoms. The lowest BCUT2D eigenvalue weighted by Crippen LogP contribution is -2.43. The molecule has 2 rings (SSSR count). The van der Waals surface area contributed by atoms with Gasteiger partial charge in [-0.2, -0.15) is 0 Å². The highest BCUT2D eigenvalue weighted by molar-refractivity contribution is 4.89. The fourth-order valence-corrected chi connectivity index (χ4v) is 2.86. The minimum absolute atomic E-state index is 0.591. The molecule has 0 aromatic rings. The van der Waals surface area contributed by atoms with Crippen molar-refractivity contribution in [3.05, 3.63) is 0 Å². The molecule has 3 nitrogen and oxygen atoms in total. The lowest BCUT2D eigenvalue weighted by atomic mass is 10.0. The van der Waals surface area contributed by atoms with Gasteiger partial charge in [-0.3, -0.25) is 4.90 Å². The number of hydrogen-bond donors (Lipinski definition) is 1. The molecule has 1 saturated carbocycles. The van der Waals surface area contributed by atoms with Gasteiger partial charge in [0, 0.05) is 24.5 Å². The summed E-state index contributed by atoms with van der Waals surface area (Å²) in [7, 11) is 0. The molecular formula is C15H30N2O. The zero-order chi connectivity index (χ0) is 12.8. The molecule has 1 saturated heterocycles. The second-order valence-electron chi connectivity index (χ2n) is 5.94. The number of unbranched alkanes of at least 4 members (excludes halogenated alkanes) is 1. The normalized spacial score (nSPS) is 28.2. The number of nitrogens with one attached hydrogen (secondary N) is 1. The van der Waals surface area contributed by atoms with Crippen LogP contribution in [0.25, 0.3) is 0 Å². The van der Waals surface area contributed by atoms with E-state index >= 15 is 0 Å². The van der Waals surface area contributed by atoms with Gasteiger partial charge in [0.05, 0.1) is 13.2 Å². The Kier molecular flexibility index (Phi) is 5.93. The fraction of sp³-hybridized carbons (Fsp3) is 1.00. The van der Waals surface area contributed by atoms with Gasteiger partial charge in [0.2, 0.25) is 0 Å². The number of ether oxygens (including phenoxy) is 1. The highest BCUT2D eigenvalue weighted by Gasteiger charge is 2.34. The molecule has 0 aromatic heterocycles. The number of nitrogens with zero attached hydrogens (tertiary/aromatic N) is 1. The molecule has 1 aliphatic carbocycles. The van der Waals surface area contributed by atoms with Crippen molar-refractivity contribution in [2.45, 2.75) is 58.0 Å². The first-order valence-electron chi connectivity index (χ1n) is 7.90.